The molecule has 122 valence electrons. The van der Waals surface area contributed by atoms with Crippen LogP contribution in [0.3, 0.4) is 0 Å². The van der Waals surface area contributed by atoms with E-state index >= 15 is 0 Å². The lowest BCUT2D eigenvalue weighted by Crippen LogP contribution is -2.13. The van der Waals surface area contributed by atoms with Crippen molar-refractivity contribution in [3.63, 3.8) is 0 Å². The molecule has 1 aromatic carbocycles. The molecule has 1 aliphatic carbocycles. The average Bonchev–Trinajstić information content (AvgIpc) is 3.15. The number of nitrogens with one attached hydrogen (secondary N) is 2. The first-order valence-electron chi connectivity index (χ1n) is 7.77. The maximum absolute atomic E-state index is 12.7. The Morgan fingerprint density at radius 1 is 1.33 bits per heavy atom. The Bertz CT molecular complexity index is 955. The van der Waals surface area contributed by atoms with E-state index in [2.05, 4.69) is 15.5 Å². The second kappa shape index (κ2) is 5.53. The van der Waals surface area contributed by atoms with E-state index in [9.17, 15) is 4.79 Å². The molecule has 0 saturated carbocycles. The first kappa shape index (κ1) is 15.0. The molecule has 3 aromatic rings. The molecule has 0 unspecified atom stereocenters. The zero-order valence-electron chi connectivity index (χ0n) is 13.4. The van der Waals surface area contributed by atoms with Crippen molar-refractivity contribution in [2.75, 3.05) is 5.32 Å². The summed E-state index contributed by atoms with van der Waals surface area (Å²) in [5.41, 5.74) is 5.52. The van der Waals surface area contributed by atoms with E-state index < -0.39 is 0 Å². The number of hydrogen-bond acceptors (Lipinski definition) is 3. The highest BCUT2D eigenvalue weighted by molar-refractivity contribution is 6.31. The van der Waals surface area contributed by atoms with Crippen LogP contribution in [-0.2, 0) is 12.8 Å². The van der Waals surface area contributed by atoms with Gasteiger partial charge in [-0.2, -0.15) is 5.10 Å². The Hall–Kier alpha value is -2.53. The van der Waals surface area contributed by atoms with Crippen LogP contribution in [0.2, 0.25) is 5.02 Å². The Morgan fingerprint density at radius 3 is 3.00 bits per heavy atom. The minimum absolute atomic E-state index is 0.270. The number of fused-ring (bicyclic) bond motifs is 3. The smallest absolute Gasteiger partial charge is 0.291 e. The van der Waals surface area contributed by atoms with Gasteiger partial charge < -0.3 is 9.73 Å². The highest BCUT2D eigenvalue weighted by Gasteiger charge is 2.28. The third kappa shape index (κ3) is 2.32. The van der Waals surface area contributed by atoms with Crippen LogP contribution in [0, 0.1) is 13.8 Å². The van der Waals surface area contributed by atoms with Gasteiger partial charge >= 0.3 is 0 Å². The normalized spacial score (nSPS) is 12.6. The zero-order chi connectivity index (χ0) is 16.8. The van der Waals surface area contributed by atoms with E-state index in [-0.39, 0.29) is 5.91 Å². The van der Waals surface area contributed by atoms with E-state index in [4.69, 9.17) is 16.0 Å². The van der Waals surface area contributed by atoms with Crippen LogP contribution in [0.15, 0.2) is 28.8 Å². The molecule has 0 radical (unpaired) electrons. The lowest BCUT2D eigenvalue weighted by Gasteiger charge is -2.09. The fourth-order valence-electron chi connectivity index (χ4n) is 3.17. The molecule has 2 N–H and O–H groups in total. The van der Waals surface area contributed by atoms with Gasteiger partial charge in [0.1, 0.15) is 5.76 Å². The molecule has 2 heterocycles. The predicted molar refractivity (Wildman–Crippen MR) is 92.6 cm³/mol. The number of H-pyrrole nitrogens is 1. The molecule has 0 fully saturated rings. The molecule has 4 rings (SSSR count). The highest BCUT2D eigenvalue weighted by Crippen LogP contribution is 2.38. The molecule has 2 aromatic heterocycles. The molecule has 24 heavy (non-hydrogen) atoms. The van der Waals surface area contributed by atoms with Crippen LogP contribution in [0.1, 0.15) is 33.0 Å². The van der Waals surface area contributed by atoms with Crippen molar-refractivity contribution in [2.24, 2.45) is 0 Å². The number of benzene rings is 1. The zero-order valence-corrected chi connectivity index (χ0v) is 14.1. The van der Waals surface area contributed by atoms with E-state index in [1.54, 1.807) is 12.1 Å². The number of rotatable bonds is 2. The van der Waals surface area contributed by atoms with Gasteiger partial charge in [-0.3, -0.25) is 9.89 Å². The van der Waals surface area contributed by atoms with Crippen LogP contribution in [0.25, 0.3) is 11.3 Å². The van der Waals surface area contributed by atoms with Gasteiger partial charge in [0.2, 0.25) is 0 Å². The van der Waals surface area contributed by atoms with Crippen LogP contribution in [0.5, 0.6) is 0 Å². The summed E-state index contributed by atoms with van der Waals surface area (Å²) in [4.78, 5) is 12.7. The molecule has 1 amide bonds. The SMILES string of the molecule is Cc1ccc(Cl)cc1NC(=O)c1oc2c(c1C)-c1[nH]ncc1CC2. The Labute approximate surface area is 144 Å². The first-order chi connectivity index (χ1) is 11.5. The second-order valence-corrected chi connectivity index (χ2v) is 6.47. The third-order valence-corrected chi connectivity index (χ3v) is 4.70. The summed E-state index contributed by atoms with van der Waals surface area (Å²) in [6.45, 7) is 3.82. The van der Waals surface area contributed by atoms with Gasteiger partial charge in [0.25, 0.3) is 5.91 Å². The van der Waals surface area contributed by atoms with Gasteiger partial charge in [-0.15, -0.1) is 0 Å². The number of aryl methyl sites for hydroxylation is 3. The average molecular weight is 342 g/mol. The summed E-state index contributed by atoms with van der Waals surface area (Å²) < 4.78 is 5.87. The number of carbonyl (C=O) groups excluding carboxylic acids is 1. The first-order valence-corrected chi connectivity index (χ1v) is 8.14. The van der Waals surface area contributed by atoms with Crippen molar-refractivity contribution < 1.29 is 9.21 Å². The van der Waals surface area contributed by atoms with Gasteiger partial charge in [0.05, 0.1) is 11.9 Å². The van der Waals surface area contributed by atoms with E-state index in [0.717, 1.165) is 46.5 Å². The highest BCUT2D eigenvalue weighted by atomic mass is 35.5. The standard InChI is InChI=1S/C18H16ClN3O2/c1-9-3-5-12(19)7-13(9)21-18(23)17-10(2)15-14(24-17)6-4-11-8-20-22-16(11)15/h3,5,7-8H,4,6H2,1-2H3,(H,20,22)(H,21,23). The van der Waals surface area contributed by atoms with Crippen molar-refractivity contribution in [1.82, 2.24) is 10.2 Å². The molecule has 5 nitrogen and oxygen atoms in total. The van der Waals surface area contributed by atoms with E-state index in [0.29, 0.717) is 16.5 Å². The van der Waals surface area contributed by atoms with E-state index in [1.165, 1.54) is 0 Å². The number of amides is 1. The van der Waals surface area contributed by atoms with Crippen LogP contribution < -0.4 is 5.32 Å². The molecule has 0 aliphatic heterocycles. The molecule has 0 bridgehead atoms. The van der Waals surface area contributed by atoms with Gasteiger partial charge in [-0.05, 0) is 43.5 Å². The maximum atomic E-state index is 12.7. The quantitative estimate of drug-likeness (QED) is 0.730. The van der Waals surface area contributed by atoms with Crippen LogP contribution in [-0.4, -0.2) is 16.1 Å². The molecular formula is C18H16ClN3O2. The minimum Gasteiger partial charge on any atom is -0.455 e. The molecule has 0 spiro atoms. The van der Waals surface area contributed by atoms with E-state index in [1.807, 2.05) is 26.1 Å². The molecule has 0 atom stereocenters. The monoisotopic (exact) mass is 341 g/mol. The van der Waals surface area contributed by atoms with Crippen LogP contribution >= 0.6 is 11.6 Å². The molecule has 6 heteroatoms. The van der Waals surface area contributed by atoms with Crippen molar-refractivity contribution in [1.29, 1.82) is 0 Å². The summed E-state index contributed by atoms with van der Waals surface area (Å²) in [5, 5.41) is 10.6. The van der Waals surface area contributed by atoms with Crippen molar-refractivity contribution in [3.05, 3.63) is 57.6 Å². The largest absolute Gasteiger partial charge is 0.455 e. The van der Waals surface area contributed by atoms with Crippen LogP contribution in [0.4, 0.5) is 5.69 Å². The summed E-state index contributed by atoms with van der Waals surface area (Å²) in [6.07, 6.45) is 3.46. The van der Waals surface area contributed by atoms with Gasteiger partial charge in [-0.1, -0.05) is 17.7 Å². The van der Waals surface area contributed by atoms with Crippen molar-refractivity contribution in [2.45, 2.75) is 26.7 Å². The van der Waals surface area contributed by atoms with Gasteiger partial charge in [0, 0.05) is 28.3 Å². The number of halogens is 1. The summed E-state index contributed by atoms with van der Waals surface area (Å²) in [5.74, 6) is 0.896. The maximum Gasteiger partial charge on any atom is 0.291 e. The Kier molecular flexibility index (Phi) is 3.46. The number of furan rings is 1. The van der Waals surface area contributed by atoms with Gasteiger partial charge in [-0.25, -0.2) is 0 Å². The Balaban J connectivity index is 1.71. The number of aromatic amines is 1. The predicted octanol–water partition coefficient (Wildman–Crippen LogP) is 4.29. The number of carbonyl (C=O) groups is 1. The van der Waals surface area contributed by atoms with Crippen molar-refractivity contribution >= 4 is 23.2 Å². The molecule has 0 saturated heterocycles. The fraction of sp³-hybridized carbons (Fsp3) is 0.222. The summed E-state index contributed by atoms with van der Waals surface area (Å²) in [6, 6.07) is 5.40. The number of nitrogens with zero attached hydrogens (tertiary/aromatic N) is 1. The lowest BCUT2D eigenvalue weighted by molar-refractivity contribution is 0.0994. The van der Waals surface area contributed by atoms with Gasteiger partial charge in [0.15, 0.2) is 5.76 Å². The second-order valence-electron chi connectivity index (χ2n) is 6.04. The Morgan fingerprint density at radius 2 is 2.17 bits per heavy atom. The molecule has 1 aliphatic rings. The summed E-state index contributed by atoms with van der Waals surface area (Å²) in [7, 11) is 0. The number of hydrogen-bond donors (Lipinski definition) is 2. The fourth-order valence-corrected chi connectivity index (χ4v) is 3.34. The van der Waals surface area contributed by atoms with Crippen molar-refractivity contribution in [3.8, 4) is 11.3 Å². The summed E-state index contributed by atoms with van der Waals surface area (Å²) >= 11 is 6.02. The minimum atomic E-state index is -0.270. The molecular weight excluding hydrogens is 326 g/mol. The topological polar surface area (TPSA) is 70.9 Å². The lowest BCUT2D eigenvalue weighted by atomic mass is 9.93. The number of aromatic nitrogens is 2. The third-order valence-electron chi connectivity index (χ3n) is 4.46. The number of anilines is 1.